The minimum Gasteiger partial charge on any atom is -0.393 e. The summed E-state index contributed by atoms with van der Waals surface area (Å²) in [6.07, 6.45) is 3.99. The molecule has 78 valence electrons. The fourth-order valence-corrected chi connectivity index (χ4v) is 2.04. The van der Waals surface area contributed by atoms with Crippen molar-refractivity contribution in [2.45, 2.75) is 52.4 Å². The summed E-state index contributed by atoms with van der Waals surface area (Å²) in [6.45, 7) is 11.1. The first kappa shape index (κ1) is 12.9. The zero-order valence-electron chi connectivity index (χ0n) is 9.67. The zero-order valence-corrected chi connectivity index (χ0v) is 10.7. The van der Waals surface area contributed by atoms with Crippen LogP contribution in [0.25, 0.3) is 0 Å². The van der Waals surface area contributed by atoms with Crippen molar-refractivity contribution in [1.82, 2.24) is 0 Å². The molecule has 0 aliphatic rings. The Hall–Kier alpha value is -0.0831. The lowest BCUT2D eigenvalue weighted by Crippen LogP contribution is -2.17. The fraction of sp³-hybridized carbons (Fsp3) is 0.818. The average molecular weight is 200 g/mol. The molecule has 1 nitrogen and oxygen atoms in total. The Kier molecular flexibility index (Phi) is 5.57. The van der Waals surface area contributed by atoms with Gasteiger partial charge in [0.15, 0.2) is 0 Å². The van der Waals surface area contributed by atoms with Crippen LogP contribution in [-0.4, -0.2) is 19.3 Å². The fourth-order valence-electron chi connectivity index (χ4n) is 1.20. The van der Waals surface area contributed by atoms with E-state index < -0.39 is 8.07 Å². The molecule has 0 saturated heterocycles. The summed E-state index contributed by atoms with van der Waals surface area (Å²) in [5.41, 5.74) is 2.35. The molecule has 0 unspecified atom stereocenters. The van der Waals surface area contributed by atoms with Crippen LogP contribution in [0.3, 0.4) is 0 Å². The molecule has 0 aliphatic carbocycles. The Labute approximate surface area is 83.9 Å². The third-order valence-electron chi connectivity index (χ3n) is 2.20. The summed E-state index contributed by atoms with van der Waals surface area (Å²) >= 11 is 0. The van der Waals surface area contributed by atoms with E-state index in [9.17, 15) is 5.11 Å². The second kappa shape index (κ2) is 5.61. The van der Waals surface area contributed by atoms with Crippen molar-refractivity contribution in [1.29, 1.82) is 0 Å². The number of rotatable bonds is 5. The Bertz CT molecular complexity index is 158. The number of hydrogen-bond donors (Lipinski definition) is 1. The summed E-state index contributed by atoms with van der Waals surface area (Å²) in [4.78, 5) is 0. The highest BCUT2D eigenvalue weighted by atomic mass is 28.3. The SMILES string of the molecule is CC[C@@H](O)[C@H](C)C/C=C/[Si](C)(C)C. The van der Waals surface area contributed by atoms with Gasteiger partial charge in [-0.3, -0.25) is 0 Å². The molecule has 0 aromatic rings. The Morgan fingerprint density at radius 2 is 1.85 bits per heavy atom. The van der Waals surface area contributed by atoms with Crippen LogP contribution in [0, 0.1) is 5.92 Å². The maximum Gasteiger partial charge on any atom is 0.0682 e. The van der Waals surface area contributed by atoms with E-state index in [2.05, 4.69) is 38.3 Å². The summed E-state index contributed by atoms with van der Waals surface area (Å²) in [6, 6.07) is 0. The van der Waals surface area contributed by atoms with Gasteiger partial charge in [-0.05, 0) is 18.8 Å². The summed E-state index contributed by atoms with van der Waals surface area (Å²) in [5.74, 6) is 0.401. The van der Waals surface area contributed by atoms with Crippen molar-refractivity contribution in [2.75, 3.05) is 0 Å². The predicted octanol–water partition coefficient (Wildman–Crippen LogP) is 3.22. The molecule has 1 N–H and O–H groups in total. The van der Waals surface area contributed by atoms with Gasteiger partial charge >= 0.3 is 0 Å². The standard InChI is InChI=1S/C11H24OSi/c1-6-11(12)10(2)8-7-9-13(3,4)5/h7,9-12H,6,8H2,1-5H3/b9-7+/t10-,11-/m1/s1. The monoisotopic (exact) mass is 200 g/mol. The van der Waals surface area contributed by atoms with Crippen LogP contribution in [0.5, 0.6) is 0 Å². The first-order valence-corrected chi connectivity index (χ1v) is 8.80. The first-order chi connectivity index (χ1) is 5.87. The molecule has 2 atom stereocenters. The lowest BCUT2D eigenvalue weighted by atomic mass is 9.99. The van der Waals surface area contributed by atoms with Crippen LogP contribution in [-0.2, 0) is 0 Å². The number of aliphatic hydroxyl groups is 1. The van der Waals surface area contributed by atoms with E-state index in [1.807, 2.05) is 6.92 Å². The second-order valence-corrected chi connectivity index (χ2v) is 10.0. The van der Waals surface area contributed by atoms with Crippen LogP contribution in [0.1, 0.15) is 26.7 Å². The van der Waals surface area contributed by atoms with Crippen LogP contribution in [0.15, 0.2) is 11.8 Å². The summed E-state index contributed by atoms with van der Waals surface area (Å²) < 4.78 is 0. The van der Waals surface area contributed by atoms with Crippen LogP contribution in [0.2, 0.25) is 19.6 Å². The van der Waals surface area contributed by atoms with Gasteiger partial charge in [-0.2, -0.15) is 0 Å². The molecule has 0 aromatic heterocycles. The van der Waals surface area contributed by atoms with E-state index in [1.54, 1.807) is 0 Å². The van der Waals surface area contributed by atoms with Crippen molar-refractivity contribution in [3.05, 3.63) is 11.8 Å². The van der Waals surface area contributed by atoms with Crippen LogP contribution in [0.4, 0.5) is 0 Å². The van der Waals surface area contributed by atoms with Gasteiger partial charge in [0.05, 0.1) is 14.2 Å². The van der Waals surface area contributed by atoms with Gasteiger partial charge in [0, 0.05) is 0 Å². The average Bonchev–Trinajstić information content (AvgIpc) is 2.00. The minimum absolute atomic E-state index is 0.133. The quantitative estimate of drug-likeness (QED) is 0.676. The molecule has 0 rings (SSSR count). The third kappa shape index (κ3) is 7.02. The maximum atomic E-state index is 9.53. The van der Waals surface area contributed by atoms with Gasteiger partial charge < -0.3 is 5.11 Å². The molecular formula is C11H24OSi. The van der Waals surface area contributed by atoms with E-state index in [4.69, 9.17) is 0 Å². The van der Waals surface area contributed by atoms with Gasteiger partial charge in [0.25, 0.3) is 0 Å². The first-order valence-electron chi connectivity index (χ1n) is 5.22. The maximum absolute atomic E-state index is 9.53. The largest absolute Gasteiger partial charge is 0.393 e. The number of allylic oxidation sites excluding steroid dienone is 1. The van der Waals surface area contributed by atoms with E-state index in [-0.39, 0.29) is 6.10 Å². The number of aliphatic hydroxyl groups excluding tert-OH is 1. The second-order valence-electron chi connectivity index (χ2n) is 4.96. The van der Waals surface area contributed by atoms with E-state index >= 15 is 0 Å². The summed E-state index contributed by atoms with van der Waals surface area (Å²) in [7, 11) is -1.03. The Morgan fingerprint density at radius 1 is 1.31 bits per heavy atom. The molecule has 0 aromatic carbocycles. The highest BCUT2D eigenvalue weighted by Gasteiger charge is 2.11. The topological polar surface area (TPSA) is 20.2 Å². The van der Waals surface area contributed by atoms with Gasteiger partial charge in [-0.25, -0.2) is 0 Å². The molecule has 0 radical (unpaired) electrons. The molecule has 0 bridgehead atoms. The van der Waals surface area contributed by atoms with Crippen molar-refractivity contribution >= 4 is 8.07 Å². The molecule has 0 heterocycles. The number of hydrogen-bond acceptors (Lipinski definition) is 1. The van der Waals surface area contributed by atoms with Gasteiger partial charge in [-0.15, -0.1) is 0 Å². The molecule has 0 spiro atoms. The third-order valence-corrected chi connectivity index (χ3v) is 3.44. The molecular weight excluding hydrogens is 176 g/mol. The zero-order chi connectivity index (χ0) is 10.5. The molecule has 0 amide bonds. The lowest BCUT2D eigenvalue weighted by Gasteiger charge is -2.15. The van der Waals surface area contributed by atoms with Crippen LogP contribution < -0.4 is 0 Å². The Balaban J connectivity index is 3.82. The normalized spacial score (nSPS) is 17.7. The van der Waals surface area contributed by atoms with Crippen molar-refractivity contribution < 1.29 is 5.11 Å². The molecule has 13 heavy (non-hydrogen) atoms. The highest BCUT2D eigenvalue weighted by Crippen LogP contribution is 2.13. The van der Waals surface area contributed by atoms with Crippen molar-refractivity contribution in [2.24, 2.45) is 5.92 Å². The van der Waals surface area contributed by atoms with Crippen molar-refractivity contribution in [3.63, 3.8) is 0 Å². The Morgan fingerprint density at radius 3 is 2.23 bits per heavy atom. The van der Waals surface area contributed by atoms with E-state index in [1.165, 1.54) is 0 Å². The molecule has 2 heteroatoms. The summed E-state index contributed by atoms with van der Waals surface area (Å²) in [5, 5.41) is 9.53. The highest BCUT2D eigenvalue weighted by molar-refractivity contribution is 6.80. The van der Waals surface area contributed by atoms with Gasteiger partial charge in [-0.1, -0.05) is 45.3 Å². The van der Waals surface area contributed by atoms with Gasteiger partial charge in [0.1, 0.15) is 0 Å². The molecule has 0 saturated carbocycles. The predicted molar refractivity (Wildman–Crippen MR) is 62.6 cm³/mol. The van der Waals surface area contributed by atoms with Crippen LogP contribution >= 0.6 is 0 Å². The lowest BCUT2D eigenvalue weighted by molar-refractivity contribution is 0.114. The van der Waals surface area contributed by atoms with E-state index in [0.717, 1.165) is 12.8 Å². The van der Waals surface area contributed by atoms with Crippen molar-refractivity contribution in [3.8, 4) is 0 Å². The van der Waals surface area contributed by atoms with Gasteiger partial charge in [0.2, 0.25) is 0 Å². The molecule has 0 aliphatic heterocycles. The molecule has 0 fully saturated rings. The minimum atomic E-state index is -1.03. The smallest absolute Gasteiger partial charge is 0.0682 e. The van der Waals surface area contributed by atoms with E-state index in [0.29, 0.717) is 5.92 Å².